The molecule has 5 heteroatoms. The van der Waals surface area contributed by atoms with E-state index >= 15 is 0 Å². The molecule has 1 atom stereocenters. The highest BCUT2D eigenvalue weighted by molar-refractivity contribution is 6.07. The summed E-state index contributed by atoms with van der Waals surface area (Å²) >= 11 is 0. The minimum absolute atomic E-state index is 0.0306. The van der Waals surface area contributed by atoms with Gasteiger partial charge in [-0.05, 0) is 44.1 Å². The van der Waals surface area contributed by atoms with E-state index in [0.717, 1.165) is 38.8 Å². The Labute approximate surface area is 169 Å². The van der Waals surface area contributed by atoms with Gasteiger partial charge in [0.15, 0.2) is 0 Å². The maximum Gasteiger partial charge on any atom is 0.327 e. The van der Waals surface area contributed by atoms with Crippen molar-refractivity contribution in [2.24, 2.45) is 5.92 Å². The van der Waals surface area contributed by atoms with Crippen molar-refractivity contribution in [3.05, 3.63) is 35.9 Å². The number of hydrogen-bond donors (Lipinski definition) is 0. The van der Waals surface area contributed by atoms with Crippen LogP contribution in [0.25, 0.3) is 0 Å². The monoisotopic (exact) mass is 385 g/mol. The van der Waals surface area contributed by atoms with Crippen LogP contribution in [0.4, 0.5) is 4.79 Å². The fourth-order valence-electron chi connectivity index (χ4n) is 4.58. The van der Waals surface area contributed by atoms with Crippen LogP contribution in [-0.2, 0) is 11.2 Å². The Hall–Kier alpha value is -1.88. The Morgan fingerprint density at radius 3 is 2.25 bits per heavy atom. The summed E-state index contributed by atoms with van der Waals surface area (Å²) in [5.74, 6) is 0.308. The Morgan fingerprint density at radius 1 is 1.04 bits per heavy atom. The summed E-state index contributed by atoms with van der Waals surface area (Å²) in [5.41, 5.74) is 0.558. The van der Waals surface area contributed by atoms with Crippen LogP contribution in [0.1, 0.15) is 52.5 Å². The first-order chi connectivity index (χ1) is 13.4. The molecule has 2 heterocycles. The Morgan fingerprint density at radius 2 is 1.68 bits per heavy atom. The lowest BCUT2D eigenvalue weighted by atomic mass is 9.85. The van der Waals surface area contributed by atoms with Crippen molar-refractivity contribution in [3.63, 3.8) is 0 Å². The minimum Gasteiger partial charge on any atom is -0.309 e. The van der Waals surface area contributed by atoms with Crippen molar-refractivity contribution < 1.29 is 9.59 Å². The van der Waals surface area contributed by atoms with Gasteiger partial charge in [-0.3, -0.25) is 9.69 Å². The zero-order valence-corrected chi connectivity index (χ0v) is 17.9. The van der Waals surface area contributed by atoms with E-state index in [4.69, 9.17) is 0 Å². The number of piperidine rings is 1. The molecule has 3 amide bonds. The second-order valence-corrected chi connectivity index (χ2v) is 8.80. The molecule has 28 heavy (non-hydrogen) atoms. The third kappa shape index (κ3) is 3.95. The molecule has 5 nitrogen and oxygen atoms in total. The van der Waals surface area contributed by atoms with Crippen molar-refractivity contribution in [2.75, 3.05) is 26.2 Å². The maximum atomic E-state index is 13.4. The lowest BCUT2D eigenvalue weighted by Crippen LogP contribution is -2.58. The van der Waals surface area contributed by atoms with Gasteiger partial charge in [0.2, 0.25) is 0 Å². The van der Waals surface area contributed by atoms with Crippen LogP contribution in [0.2, 0.25) is 0 Å². The van der Waals surface area contributed by atoms with Gasteiger partial charge in [0.05, 0.1) is 0 Å². The molecule has 0 aromatic heterocycles. The largest absolute Gasteiger partial charge is 0.327 e. The molecule has 2 aliphatic heterocycles. The highest BCUT2D eigenvalue weighted by Gasteiger charge is 2.57. The predicted molar refractivity (Wildman–Crippen MR) is 112 cm³/mol. The van der Waals surface area contributed by atoms with Gasteiger partial charge in [-0.15, -0.1) is 0 Å². The van der Waals surface area contributed by atoms with Crippen LogP contribution in [-0.4, -0.2) is 64.4 Å². The molecule has 0 radical (unpaired) electrons. The van der Waals surface area contributed by atoms with Crippen LogP contribution in [0, 0.1) is 5.92 Å². The molecule has 0 N–H and O–H groups in total. The number of urea groups is 1. The molecule has 0 bridgehead atoms. The molecule has 2 saturated heterocycles. The van der Waals surface area contributed by atoms with E-state index in [1.165, 1.54) is 10.5 Å². The molecule has 1 unspecified atom stereocenters. The van der Waals surface area contributed by atoms with Crippen molar-refractivity contribution >= 4 is 11.9 Å². The van der Waals surface area contributed by atoms with Gasteiger partial charge in [-0.1, -0.05) is 51.1 Å². The van der Waals surface area contributed by atoms with Crippen LogP contribution in [0.15, 0.2) is 30.3 Å². The summed E-state index contributed by atoms with van der Waals surface area (Å²) in [6, 6.07) is 10.7. The molecular weight excluding hydrogens is 350 g/mol. The smallest absolute Gasteiger partial charge is 0.309 e. The molecule has 2 aliphatic rings. The number of carbonyl (C=O) groups excluding carboxylic acids is 2. The van der Waals surface area contributed by atoms with E-state index in [2.05, 4.69) is 44.7 Å². The first-order valence-electron chi connectivity index (χ1n) is 10.8. The number of likely N-dealkylation sites (tertiary alicyclic amines) is 1. The molecule has 1 aromatic rings. The van der Waals surface area contributed by atoms with Crippen LogP contribution < -0.4 is 0 Å². The first kappa shape index (κ1) is 20.8. The van der Waals surface area contributed by atoms with Crippen LogP contribution in [0.5, 0.6) is 0 Å². The Bertz CT molecular complexity index is 680. The lowest BCUT2D eigenvalue weighted by Gasteiger charge is -2.44. The molecule has 0 saturated carbocycles. The summed E-state index contributed by atoms with van der Waals surface area (Å²) in [6.07, 6.45) is 3.37. The van der Waals surface area contributed by atoms with E-state index in [1.54, 1.807) is 0 Å². The Kier molecular flexibility index (Phi) is 6.43. The third-order valence-electron chi connectivity index (χ3n) is 6.48. The number of carbonyl (C=O) groups is 2. The van der Waals surface area contributed by atoms with E-state index in [-0.39, 0.29) is 17.9 Å². The zero-order chi connectivity index (χ0) is 20.3. The number of amides is 3. The first-order valence-corrected chi connectivity index (χ1v) is 10.8. The number of rotatable bonds is 7. The van der Waals surface area contributed by atoms with Crippen molar-refractivity contribution in [2.45, 2.75) is 65.0 Å². The van der Waals surface area contributed by atoms with Gasteiger partial charge < -0.3 is 9.80 Å². The van der Waals surface area contributed by atoms with Gasteiger partial charge >= 0.3 is 6.03 Å². The number of benzene rings is 1. The van der Waals surface area contributed by atoms with Gasteiger partial charge in [-0.25, -0.2) is 4.79 Å². The van der Waals surface area contributed by atoms with Crippen molar-refractivity contribution in [1.82, 2.24) is 14.7 Å². The fourth-order valence-corrected chi connectivity index (χ4v) is 4.58. The second-order valence-electron chi connectivity index (χ2n) is 8.80. The Balaban J connectivity index is 1.81. The summed E-state index contributed by atoms with van der Waals surface area (Å²) in [7, 11) is 0. The highest BCUT2D eigenvalue weighted by atomic mass is 16.2. The summed E-state index contributed by atoms with van der Waals surface area (Å²) in [4.78, 5) is 32.6. The average molecular weight is 386 g/mol. The van der Waals surface area contributed by atoms with E-state index < -0.39 is 5.54 Å². The molecule has 0 aliphatic carbocycles. The second kappa shape index (κ2) is 8.64. The minimum atomic E-state index is -0.648. The van der Waals surface area contributed by atoms with Crippen molar-refractivity contribution in [1.29, 1.82) is 0 Å². The molecule has 1 spiro atoms. The van der Waals surface area contributed by atoms with E-state index in [1.807, 2.05) is 23.1 Å². The summed E-state index contributed by atoms with van der Waals surface area (Å²) < 4.78 is 0. The number of imide groups is 1. The third-order valence-corrected chi connectivity index (χ3v) is 6.48. The molecule has 3 rings (SSSR count). The molecule has 2 fully saturated rings. The van der Waals surface area contributed by atoms with Gasteiger partial charge in [0.1, 0.15) is 5.54 Å². The zero-order valence-electron chi connectivity index (χ0n) is 17.9. The summed E-state index contributed by atoms with van der Waals surface area (Å²) in [6.45, 7) is 11.4. The number of hydrogen-bond acceptors (Lipinski definition) is 3. The topological polar surface area (TPSA) is 43.9 Å². The maximum absolute atomic E-state index is 13.4. The lowest BCUT2D eigenvalue weighted by molar-refractivity contribution is -0.136. The van der Waals surface area contributed by atoms with E-state index in [9.17, 15) is 9.59 Å². The molecule has 154 valence electrons. The molecular formula is C23H35N3O2. The highest BCUT2D eigenvalue weighted by Crippen LogP contribution is 2.38. The van der Waals surface area contributed by atoms with E-state index in [0.29, 0.717) is 19.1 Å². The van der Waals surface area contributed by atoms with Gasteiger partial charge in [-0.2, -0.15) is 0 Å². The van der Waals surface area contributed by atoms with Gasteiger partial charge in [0, 0.05) is 32.2 Å². The van der Waals surface area contributed by atoms with Gasteiger partial charge in [0.25, 0.3) is 5.91 Å². The summed E-state index contributed by atoms with van der Waals surface area (Å²) in [5, 5.41) is 0. The van der Waals surface area contributed by atoms with Crippen LogP contribution >= 0.6 is 0 Å². The standard InChI is InChI=1S/C23H35N3O2/c1-5-19(4)24-15-12-23(13-16-24)21(27)25(17-18(2)3)22(28)26(23)14-11-20-9-7-6-8-10-20/h6-10,18-19H,5,11-17H2,1-4H3. The fraction of sp³-hybridized carbons (Fsp3) is 0.652. The predicted octanol–water partition coefficient (Wildman–Crippen LogP) is 3.78. The SMILES string of the molecule is CCC(C)N1CCC2(CC1)C(=O)N(CC(C)C)C(=O)N2CCc1ccccc1. The quantitative estimate of drug-likeness (QED) is 0.671. The normalized spacial score (nSPS) is 21.2. The average Bonchev–Trinajstić information content (AvgIpc) is 2.88. The van der Waals surface area contributed by atoms with Crippen LogP contribution in [0.3, 0.4) is 0 Å². The molecule has 1 aromatic carbocycles. The van der Waals surface area contributed by atoms with Crippen molar-refractivity contribution in [3.8, 4) is 0 Å². The number of nitrogens with zero attached hydrogens (tertiary/aromatic N) is 3.